The van der Waals surface area contributed by atoms with Crippen molar-refractivity contribution >= 4 is 29.2 Å². The van der Waals surface area contributed by atoms with Gasteiger partial charge in [-0.15, -0.1) is 0 Å². The number of halogens is 1. The van der Waals surface area contributed by atoms with Crippen LogP contribution in [0, 0.1) is 5.82 Å². The van der Waals surface area contributed by atoms with Gasteiger partial charge in [-0.2, -0.15) is 0 Å². The van der Waals surface area contributed by atoms with Crippen LogP contribution in [0.25, 0.3) is 0 Å². The van der Waals surface area contributed by atoms with Gasteiger partial charge >= 0.3 is 6.03 Å². The molecule has 0 bridgehead atoms. The van der Waals surface area contributed by atoms with Crippen molar-refractivity contribution in [2.45, 2.75) is 25.9 Å². The van der Waals surface area contributed by atoms with E-state index in [4.69, 9.17) is 9.47 Å². The minimum Gasteiger partial charge on any atom is -0.497 e. The van der Waals surface area contributed by atoms with Crippen LogP contribution in [0.1, 0.15) is 18.9 Å². The van der Waals surface area contributed by atoms with Gasteiger partial charge < -0.3 is 19.7 Å². The molecule has 4 amide bonds. The lowest BCUT2D eigenvalue weighted by atomic mass is 10.1. The number of methoxy groups -OCH3 is 1. The number of hydrogen-bond donors (Lipinski definition) is 1. The molecule has 0 spiro atoms. The maximum atomic E-state index is 13.8. The zero-order chi connectivity index (χ0) is 25.7. The summed E-state index contributed by atoms with van der Waals surface area (Å²) in [6, 6.07) is 17.5. The van der Waals surface area contributed by atoms with Gasteiger partial charge in [-0.05, 0) is 61.0 Å². The lowest BCUT2D eigenvalue weighted by Crippen LogP contribution is -2.37. The summed E-state index contributed by atoms with van der Waals surface area (Å²) in [7, 11) is 1.48. The van der Waals surface area contributed by atoms with Crippen molar-refractivity contribution in [2.75, 3.05) is 23.9 Å². The van der Waals surface area contributed by atoms with Crippen molar-refractivity contribution in [3.63, 3.8) is 0 Å². The van der Waals surface area contributed by atoms with Crippen molar-refractivity contribution < 1.29 is 28.2 Å². The normalized spacial score (nSPS) is 15.2. The van der Waals surface area contributed by atoms with E-state index in [9.17, 15) is 18.8 Å². The Labute approximate surface area is 208 Å². The quantitative estimate of drug-likeness (QED) is 0.442. The zero-order valence-corrected chi connectivity index (χ0v) is 19.9. The first-order chi connectivity index (χ1) is 17.4. The van der Waals surface area contributed by atoms with E-state index < -0.39 is 29.7 Å². The number of nitrogens with zero attached hydrogens (tertiary/aromatic N) is 2. The summed E-state index contributed by atoms with van der Waals surface area (Å²) < 4.78 is 24.4. The van der Waals surface area contributed by atoms with Gasteiger partial charge in [0.15, 0.2) is 0 Å². The summed E-state index contributed by atoms with van der Waals surface area (Å²) in [6.07, 6.45) is -0.270. The van der Waals surface area contributed by atoms with E-state index in [1.165, 1.54) is 30.2 Å². The fourth-order valence-electron chi connectivity index (χ4n) is 4.02. The number of anilines is 2. The average molecular weight is 492 g/mol. The molecular formula is C27H26FN3O5. The number of carbonyl (C=O) groups is 3. The molecule has 9 heteroatoms. The predicted octanol–water partition coefficient (Wildman–Crippen LogP) is 4.60. The molecule has 3 aromatic rings. The lowest BCUT2D eigenvalue weighted by Gasteiger charge is -2.22. The second-order valence-corrected chi connectivity index (χ2v) is 8.14. The molecule has 0 aromatic heterocycles. The molecule has 0 saturated carbocycles. The number of ether oxygens (including phenoxy) is 2. The molecular weight excluding hydrogens is 465 g/mol. The third-order valence-corrected chi connectivity index (χ3v) is 5.70. The Morgan fingerprint density at radius 3 is 2.44 bits per heavy atom. The van der Waals surface area contributed by atoms with E-state index >= 15 is 0 Å². The van der Waals surface area contributed by atoms with Crippen molar-refractivity contribution in [1.82, 2.24) is 4.90 Å². The molecule has 1 fully saturated rings. The van der Waals surface area contributed by atoms with Gasteiger partial charge in [0.05, 0.1) is 25.8 Å². The molecule has 36 heavy (non-hydrogen) atoms. The smallest absolute Gasteiger partial charge is 0.332 e. The van der Waals surface area contributed by atoms with Crippen LogP contribution in [0.4, 0.5) is 20.6 Å². The van der Waals surface area contributed by atoms with Crippen LogP contribution in [0.15, 0.2) is 72.8 Å². The lowest BCUT2D eigenvalue weighted by molar-refractivity contribution is -0.124. The maximum absolute atomic E-state index is 13.8. The molecule has 3 aromatic carbocycles. The van der Waals surface area contributed by atoms with Gasteiger partial charge in [-0.25, -0.2) is 14.1 Å². The Morgan fingerprint density at radius 1 is 1.00 bits per heavy atom. The number of imide groups is 1. The monoisotopic (exact) mass is 491 g/mol. The maximum Gasteiger partial charge on any atom is 0.332 e. The summed E-state index contributed by atoms with van der Waals surface area (Å²) in [5.41, 5.74) is 1.35. The Hall–Kier alpha value is -4.40. The molecule has 186 valence electrons. The molecule has 1 saturated heterocycles. The highest BCUT2D eigenvalue weighted by molar-refractivity contribution is 6.22. The van der Waals surface area contributed by atoms with E-state index in [-0.39, 0.29) is 13.0 Å². The Kier molecular flexibility index (Phi) is 7.48. The third-order valence-electron chi connectivity index (χ3n) is 5.70. The number of benzene rings is 3. The van der Waals surface area contributed by atoms with E-state index in [0.29, 0.717) is 35.0 Å². The summed E-state index contributed by atoms with van der Waals surface area (Å²) in [5, 5.41) is 2.76. The number of nitrogens with one attached hydrogen (secondary N) is 1. The molecule has 1 aliphatic heterocycles. The number of amides is 4. The van der Waals surface area contributed by atoms with E-state index in [2.05, 4.69) is 5.32 Å². The topological polar surface area (TPSA) is 88.2 Å². The van der Waals surface area contributed by atoms with E-state index in [1.54, 1.807) is 54.6 Å². The molecule has 1 heterocycles. The Bertz CT molecular complexity index is 1260. The fourth-order valence-corrected chi connectivity index (χ4v) is 4.02. The summed E-state index contributed by atoms with van der Waals surface area (Å²) >= 11 is 0. The molecule has 1 aliphatic rings. The predicted molar refractivity (Wildman–Crippen MR) is 132 cm³/mol. The second kappa shape index (κ2) is 10.9. The van der Waals surface area contributed by atoms with Crippen LogP contribution in [-0.2, 0) is 16.1 Å². The number of carbonyl (C=O) groups excluding carboxylic acids is 3. The molecule has 0 unspecified atom stereocenters. The standard InChI is InChI=1S/C27H26FN3O5/c1-3-36-22-12-10-20(11-13-22)29-25(32)16-24-26(33)31(21-8-5-9-23(15-21)35-2)27(34)30(24)17-18-6-4-7-19(28)14-18/h4-15,24H,3,16-17H2,1-2H3,(H,29,32)/t24-/m0/s1. The van der Waals surface area contributed by atoms with Crippen LogP contribution in [0.2, 0.25) is 0 Å². The minimum absolute atomic E-state index is 0.0379. The number of urea groups is 1. The third kappa shape index (κ3) is 5.46. The number of hydrogen-bond acceptors (Lipinski definition) is 5. The van der Waals surface area contributed by atoms with Crippen molar-refractivity contribution in [2.24, 2.45) is 0 Å². The molecule has 1 atom stereocenters. The van der Waals surface area contributed by atoms with Gasteiger partial charge in [-0.1, -0.05) is 18.2 Å². The highest BCUT2D eigenvalue weighted by atomic mass is 19.1. The summed E-state index contributed by atoms with van der Waals surface area (Å²) in [4.78, 5) is 42.1. The Morgan fingerprint density at radius 2 is 1.75 bits per heavy atom. The van der Waals surface area contributed by atoms with Crippen molar-refractivity contribution in [3.8, 4) is 11.5 Å². The van der Waals surface area contributed by atoms with Gasteiger partial charge in [0, 0.05) is 18.3 Å². The van der Waals surface area contributed by atoms with Crippen molar-refractivity contribution in [3.05, 3.63) is 84.2 Å². The van der Waals surface area contributed by atoms with Crippen molar-refractivity contribution in [1.29, 1.82) is 0 Å². The van der Waals surface area contributed by atoms with Gasteiger partial charge in [0.25, 0.3) is 5.91 Å². The number of rotatable bonds is 9. The molecule has 1 N–H and O–H groups in total. The van der Waals surface area contributed by atoms with Gasteiger partial charge in [0.1, 0.15) is 23.4 Å². The first kappa shape index (κ1) is 24.7. The van der Waals surface area contributed by atoms with Crippen LogP contribution in [0.3, 0.4) is 0 Å². The molecule has 0 radical (unpaired) electrons. The zero-order valence-electron chi connectivity index (χ0n) is 19.9. The van der Waals surface area contributed by atoms with Crippen LogP contribution < -0.4 is 19.7 Å². The second-order valence-electron chi connectivity index (χ2n) is 8.14. The largest absolute Gasteiger partial charge is 0.497 e. The minimum atomic E-state index is -1.07. The van der Waals surface area contributed by atoms with Crippen LogP contribution in [0.5, 0.6) is 11.5 Å². The average Bonchev–Trinajstić information content (AvgIpc) is 3.09. The highest BCUT2D eigenvalue weighted by Gasteiger charge is 2.46. The summed E-state index contributed by atoms with van der Waals surface area (Å²) in [6.45, 7) is 2.36. The summed E-state index contributed by atoms with van der Waals surface area (Å²) in [5.74, 6) is -0.308. The van der Waals surface area contributed by atoms with E-state index in [0.717, 1.165) is 4.90 Å². The van der Waals surface area contributed by atoms with E-state index in [1.807, 2.05) is 6.92 Å². The highest BCUT2D eigenvalue weighted by Crippen LogP contribution is 2.30. The van der Waals surface area contributed by atoms with Gasteiger partial charge in [-0.3, -0.25) is 9.59 Å². The van der Waals surface area contributed by atoms with Gasteiger partial charge in [0.2, 0.25) is 5.91 Å². The molecule has 8 nitrogen and oxygen atoms in total. The first-order valence-electron chi connectivity index (χ1n) is 11.5. The molecule has 4 rings (SSSR count). The molecule has 0 aliphatic carbocycles. The first-order valence-corrected chi connectivity index (χ1v) is 11.5. The van der Waals surface area contributed by atoms with Crippen LogP contribution >= 0.6 is 0 Å². The Balaban J connectivity index is 1.58. The SMILES string of the molecule is CCOc1ccc(NC(=O)C[C@H]2C(=O)N(c3cccc(OC)c3)C(=O)N2Cc2cccc(F)c2)cc1. The fraction of sp³-hybridized carbons (Fsp3) is 0.222. The van der Waals surface area contributed by atoms with Crippen LogP contribution in [-0.4, -0.2) is 42.5 Å².